The monoisotopic (exact) mass is 685 g/mol. The topological polar surface area (TPSA) is 131 Å². The molecule has 236 valence electrons. The molecule has 0 spiro atoms. The highest BCUT2D eigenvalue weighted by atomic mass is 79.9. The molecule has 0 saturated carbocycles. The zero-order chi connectivity index (χ0) is 33.0. The highest BCUT2D eigenvalue weighted by Crippen LogP contribution is 2.37. The van der Waals surface area contributed by atoms with Crippen LogP contribution in [0.3, 0.4) is 0 Å². The first-order valence-electron chi connectivity index (χ1n) is 14.7. The summed E-state index contributed by atoms with van der Waals surface area (Å²) < 4.78 is 19.6. The Kier molecular flexibility index (Phi) is 9.76. The van der Waals surface area contributed by atoms with Crippen LogP contribution in [0, 0.1) is 17.0 Å². The number of nitrogens with zero attached hydrogens (tertiary/aromatic N) is 5. The molecule has 0 amide bonds. The van der Waals surface area contributed by atoms with Gasteiger partial charge in [0.05, 0.1) is 35.3 Å². The standard InChI is InChI=1S/C34H32BrN5O6/c1-6-44-29-14-21(5)26(16-25(29)20(3)4)33-38-28-11-9-8-10-24(28)34(41)39(33)37-18-22-15-30(45-7-2)31(17-27(22)35)46-32-13-12-23(19-36-32)40(42)43/h8-20H,6-7H2,1-5H3. The van der Waals surface area contributed by atoms with Crippen molar-refractivity contribution in [3.8, 4) is 34.5 Å². The molecule has 0 saturated heterocycles. The number of fused-ring (bicyclic) bond motifs is 1. The van der Waals surface area contributed by atoms with Crippen LogP contribution in [-0.2, 0) is 0 Å². The Morgan fingerprint density at radius 2 is 1.76 bits per heavy atom. The van der Waals surface area contributed by atoms with Crippen LogP contribution < -0.4 is 19.8 Å². The van der Waals surface area contributed by atoms with Crippen molar-refractivity contribution in [1.29, 1.82) is 0 Å². The Morgan fingerprint density at radius 3 is 2.43 bits per heavy atom. The predicted molar refractivity (Wildman–Crippen MR) is 181 cm³/mol. The highest BCUT2D eigenvalue weighted by molar-refractivity contribution is 9.10. The van der Waals surface area contributed by atoms with Gasteiger partial charge in [-0.05, 0) is 90.1 Å². The summed E-state index contributed by atoms with van der Waals surface area (Å²) in [6, 6.07) is 17.3. The zero-order valence-corrected chi connectivity index (χ0v) is 27.6. The SMILES string of the molecule is CCOc1cc(C=Nn2c(-c3cc(C(C)C)c(OCC)cc3C)nc3ccccc3c2=O)c(Br)cc1Oc1ccc([N+](=O)[O-])cn1. The third-order valence-electron chi connectivity index (χ3n) is 7.09. The van der Waals surface area contributed by atoms with E-state index in [1.807, 2.05) is 45.0 Å². The summed E-state index contributed by atoms with van der Waals surface area (Å²) in [7, 11) is 0. The first-order valence-corrected chi connectivity index (χ1v) is 15.5. The molecule has 0 aliphatic heterocycles. The number of aromatic nitrogens is 3. The van der Waals surface area contributed by atoms with E-state index in [0.29, 0.717) is 51.5 Å². The molecule has 5 aromatic rings. The van der Waals surface area contributed by atoms with Crippen LogP contribution in [0.5, 0.6) is 23.1 Å². The fraction of sp³-hybridized carbons (Fsp3) is 0.235. The Bertz CT molecular complexity index is 2010. The van der Waals surface area contributed by atoms with Gasteiger partial charge in [-0.15, -0.1) is 0 Å². The van der Waals surface area contributed by atoms with Crippen LogP contribution in [0.15, 0.2) is 81.2 Å². The maximum Gasteiger partial charge on any atom is 0.287 e. The van der Waals surface area contributed by atoms with E-state index in [0.717, 1.165) is 28.6 Å². The molecule has 0 radical (unpaired) electrons. The fourth-order valence-corrected chi connectivity index (χ4v) is 5.27. The van der Waals surface area contributed by atoms with Crippen LogP contribution in [0.1, 0.15) is 50.3 Å². The normalized spacial score (nSPS) is 11.4. The molecular formula is C34H32BrN5O6. The third-order valence-corrected chi connectivity index (χ3v) is 7.78. The number of para-hydroxylation sites is 1. The summed E-state index contributed by atoms with van der Waals surface area (Å²) in [4.78, 5) is 33.3. The Morgan fingerprint density at radius 1 is 1.02 bits per heavy atom. The number of benzene rings is 3. The molecule has 0 unspecified atom stereocenters. The van der Waals surface area contributed by atoms with Gasteiger partial charge in [-0.3, -0.25) is 14.9 Å². The molecule has 0 aliphatic carbocycles. The molecule has 0 atom stereocenters. The summed E-state index contributed by atoms with van der Waals surface area (Å²) in [5.41, 5.74) is 3.35. The van der Waals surface area contributed by atoms with E-state index in [1.54, 1.807) is 30.5 Å². The van der Waals surface area contributed by atoms with Gasteiger partial charge in [0, 0.05) is 27.7 Å². The molecule has 0 aliphatic rings. The zero-order valence-electron chi connectivity index (χ0n) is 26.0. The lowest BCUT2D eigenvalue weighted by Gasteiger charge is -2.18. The van der Waals surface area contributed by atoms with E-state index in [-0.39, 0.29) is 23.0 Å². The summed E-state index contributed by atoms with van der Waals surface area (Å²) >= 11 is 3.58. The van der Waals surface area contributed by atoms with Crippen molar-refractivity contribution >= 4 is 38.7 Å². The van der Waals surface area contributed by atoms with E-state index in [2.05, 4.69) is 39.9 Å². The molecule has 12 heteroatoms. The molecule has 2 heterocycles. The van der Waals surface area contributed by atoms with E-state index < -0.39 is 4.92 Å². The van der Waals surface area contributed by atoms with Crippen molar-refractivity contribution in [3.05, 3.63) is 108 Å². The van der Waals surface area contributed by atoms with Crippen LogP contribution >= 0.6 is 15.9 Å². The van der Waals surface area contributed by atoms with Gasteiger partial charge in [-0.25, -0.2) is 9.97 Å². The Hall–Kier alpha value is -5.10. The van der Waals surface area contributed by atoms with Crippen LogP contribution in [-0.4, -0.2) is 39.0 Å². The maximum atomic E-state index is 13.9. The molecular weight excluding hydrogens is 654 g/mol. The number of nitro groups is 1. The summed E-state index contributed by atoms with van der Waals surface area (Å²) in [5.74, 6) is 2.25. The average molecular weight is 687 g/mol. The molecule has 0 N–H and O–H groups in total. The van der Waals surface area contributed by atoms with E-state index in [1.165, 1.54) is 16.8 Å². The highest BCUT2D eigenvalue weighted by Gasteiger charge is 2.19. The van der Waals surface area contributed by atoms with E-state index in [9.17, 15) is 14.9 Å². The minimum atomic E-state index is -0.532. The van der Waals surface area contributed by atoms with Gasteiger partial charge in [0.1, 0.15) is 11.9 Å². The Balaban J connectivity index is 1.61. The largest absolute Gasteiger partial charge is 0.494 e. The summed E-state index contributed by atoms with van der Waals surface area (Å²) in [6.07, 6.45) is 2.67. The van der Waals surface area contributed by atoms with Gasteiger partial charge >= 0.3 is 0 Å². The van der Waals surface area contributed by atoms with Crippen molar-refractivity contribution < 1.29 is 19.1 Å². The van der Waals surface area contributed by atoms with Crippen LogP contribution in [0.4, 0.5) is 5.69 Å². The van der Waals surface area contributed by atoms with E-state index in [4.69, 9.17) is 19.2 Å². The van der Waals surface area contributed by atoms with Crippen LogP contribution in [0.2, 0.25) is 0 Å². The molecule has 5 rings (SSSR count). The smallest absolute Gasteiger partial charge is 0.287 e. The number of hydrogen-bond acceptors (Lipinski definition) is 9. The van der Waals surface area contributed by atoms with Gasteiger partial charge in [-0.2, -0.15) is 9.78 Å². The van der Waals surface area contributed by atoms with Gasteiger partial charge in [0.15, 0.2) is 17.3 Å². The van der Waals surface area contributed by atoms with Gasteiger partial charge in [0.2, 0.25) is 5.88 Å². The van der Waals surface area contributed by atoms with E-state index >= 15 is 0 Å². The number of halogens is 1. The van der Waals surface area contributed by atoms with Crippen molar-refractivity contribution in [1.82, 2.24) is 14.6 Å². The number of aryl methyl sites for hydroxylation is 1. The summed E-state index contributed by atoms with van der Waals surface area (Å²) in [6.45, 7) is 10.8. The molecule has 46 heavy (non-hydrogen) atoms. The second kappa shape index (κ2) is 13.9. The number of pyridine rings is 1. The fourth-order valence-electron chi connectivity index (χ4n) is 4.85. The second-order valence-corrected chi connectivity index (χ2v) is 11.4. The molecule has 0 fully saturated rings. The predicted octanol–water partition coefficient (Wildman–Crippen LogP) is 8.03. The molecule has 11 nitrogen and oxygen atoms in total. The van der Waals surface area contributed by atoms with Crippen LogP contribution in [0.25, 0.3) is 22.3 Å². The quantitative estimate of drug-likeness (QED) is 0.0776. The lowest BCUT2D eigenvalue weighted by molar-refractivity contribution is -0.385. The lowest BCUT2D eigenvalue weighted by Crippen LogP contribution is -2.21. The average Bonchev–Trinajstić information content (AvgIpc) is 3.03. The van der Waals surface area contributed by atoms with Crippen molar-refractivity contribution in [2.24, 2.45) is 5.10 Å². The summed E-state index contributed by atoms with van der Waals surface area (Å²) in [5, 5.41) is 16.1. The molecule has 3 aromatic carbocycles. The lowest BCUT2D eigenvalue weighted by atomic mass is 9.96. The van der Waals surface area contributed by atoms with Crippen molar-refractivity contribution in [2.75, 3.05) is 13.2 Å². The first kappa shape index (κ1) is 32.3. The minimum absolute atomic E-state index is 0.149. The van der Waals surface area contributed by atoms with Gasteiger partial charge in [0.25, 0.3) is 11.2 Å². The van der Waals surface area contributed by atoms with Gasteiger partial charge in [-0.1, -0.05) is 26.0 Å². The number of hydrogen-bond donors (Lipinski definition) is 0. The third kappa shape index (κ3) is 6.76. The van der Waals surface area contributed by atoms with Crippen molar-refractivity contribution in [2.45, 2.75) is 40.5 Å². The Labute approximate surface area is 273 Å². The first-order chi connectivity index (χ1) is 22.1. The van der Waals surface area contributed by atoms with Gasteiger partial charge < -0.3 is 14.2 Å². The maximum absolute atomic E-state index is 13.9. The number of rotatable bonds is 11. The number of ether oxygens (including phenoxy) is 3. The second-order valence-electron chi connectivity index (χ2n) is 10.6. The molecule has 0 bridgehead atoms. The minimum Gasteiger partial charge on any atom is -0.494 e. The van der Waals surface area contributed by atoms with Crippen molar-refractivity contribution in [3.63, 3.8) is 0 Å². The molecule has 2 aromatic heterocycles.